The second-order valence-electron chi connectivity index (χ2n) is 4.21. The van der Waals surface area contributed by atoms with Crippen molar-refractivity contribution in [1.82, 2.24) is 0 Å². The van der Waals surface area contributed by atoms with E-state index in [9.17, 15) is 13.2 Å². The average Bonchev–Trinajstić information content (AvgIpc) is 2.36. The molecule has 2 aromatic carbocycles. The Hall–Kier alpha value is -1.52. The van der Waals surface area contributed by atoms with Crippen molar-refractivity contribution in [3.8, 4) is 0 Å². The average molecular weight is 286 g/mol. The maximum Gasteiger partial charge on any atom is 0.128 e. The van der Waals surface area contributed by atoms with E-state index in [2.05, 4.69) is 0 Å². The Labute approximate surface area is 113 Å². The van der Waals surface area contributed by atoms with E-state index in [1.807, 2.05) is 0 Å². The molecule has 1 unspecified atom stereocenters. The van der Waals surface area contributed by atoms with Crippen LogP contribution in [0.2, 0.25) is 5.02 Å². The quantitative estimate of drug-likeness (QED) is 0.906. The van der Waals surface area contributed by atoms with Gasteiger partial charge >= 0.3 is 0 Å². The fourth-order valence-corrected chi connectivity index (χ4v) is 2.03. The van der Waals surface area contributed by atoms with Gasteiger partial charge in [-0.2, -0.15) is 0 Å². The molecule has 0 aliphatic rings. The van der Waals surface area contributed by atoms with Gasteiger partial charge in [-0.05, 0) is 48.4 Å². The molecule has 0 radical (unpaired) electrons. The van der Waals surface area contributed by atoms with Crippen LogP contribution in [0, 0.1) is 17.5 Å². The van der Waals surface area contributed by atoms with Crippen LogP contribution in [0.4, 0.5) is 13.2 Å². The molecule has 0 fully saturated rings. The van der Waals surface area contributed by atoms with Gasteiger partial charge in [-0.15, -0.1) is 0 Å². The van der Waals surface area contributed by atoms with Crippen molar-refractivity contribution >= 4 is 11.6 Å². The van der Waals surface area contributed by atoms with E-state index in [0.717, 1.165) is 18.2 Å². The highest BCUT2D eigenvalue weighted by Crippen LogP contribution is 2.24. The second-order valence-corrected chi connectivity index (χ2v) is 4.65. The normalized spacial score (nSPS) is 12.5. The van der Waals surface area contributed by atoms with E-state index in [4.69, 9.17) is 17.3 Å². The van der Waals surface area contributed by atoms with Crippen molar-refractivity contribution in [2.24, 2.45) is 5.73 Å². The van der Waals surface area contributed by atoms with Crippen molar-refractivity contribution in [1.29, 1.82) is 0 Å². The summed E-state index contributed by atoms with van der Waals surface area (Å²) in [5.74, 6) is -1.65. The monoisotopic (exact) mass is 285 g/mol. The summed E-state index contributed by atoms with van der Waals surface area (Å²) in [6.07, 6.45) is -0.0130. The number of halogens is 4. The molecular weight excluding hydrogens is 275 g/mol. The van der Waals surface area contributed by atoms with Gasteiger partial charge in [0.2, 0.25) is 0 Å². The predicted octanol–water partition coefficient (Wildman–Crippen LogP) is 4.00. The van der Waals surface area contributed by atoms with Crippen LogP contribution in [0.3, 0.4) is 0 Å². The third-order valence-corrected chi connectivity index (χ3v) is 3.04. The summed E-state index contributed by atoms with van der Waals surface area (Å²) in [7, 11) is 0. The minimum absolute atomic E-state index is 0.0130. The van der Waals surface area contributed by atoms with Crippen LogP contribution in [-0.4, -0.2) is 0 Å². The molecule has 0 bridgehead atoms. The maximum absolute atomic E-state index is 13.6. The van der Waals surface area contributed by atoms with Crippen molar-refractivity contribution in [2.45, 2.75) is 12.5 Å². The Morgan fingerprint density at radius 3 is 2.42 bits per heavy atom. The summed E-state index contributed by atoms with van der Waals surface area (Å²) in [6, 6.07) is 6.27. The first-order valence-corrected chi connectivity index (χ1v) is 5.99. The third kappa shape index (κ3) is 3.28. The smallest absolute Gasteiger partial charge is 0.128 e. The van der Waals surface area contributed by atoms with Crippen LogP contribution in [0.15, 0.2) is 36.4 Å². The molecular formula is C14H11ClF3N. The van der Waals surface area contributed by atoms with Crippen molar-refractivity contribution < 1.29 is 13.2 Å². The van der Waals surface area contributed by atoms with Crippen molar-refractivity contribution in [3.05, 3.63) is 70.0 Å². The topological polar surface area (TPSA) is 26.0 Å². The lowest BCUT2D eigenvalue weighted by molar-refractivity contribution is 0.555. The molecule has 100 valence electrons. The van der Waals surface area contributed by atoms with E-state index in [-0.39, 0.29) is 17.5 Å². The van der Waals surface area contributed by atoms with Crippen LogP contribution in [0.1, 0.15) is 17.2 Å². The van der Waals surface area contributed by atoms with Gasteiger partial charge in [-0.1, -0.05) is 11.6 Å². The minimum atomic E-state index is -0.796. The molecule has 0 aliphatic carbocycles. The lowest BCUT2D eigenvalue weighted by Gasteiger charge is -2.14. The number of hydrogen-bond acceptors (Lipinski definition) is 1. The first kappa shape index (κ1) is 13.9. The highest BCUT2D eigenvalue weighted by Gasteiger charge is 2.15. The van der Waals surface area contributed by atoms with E-state index >= 15 is 0 Å². The van der Waals surface area contributed by atoms with Gasteiger partial charge in [0.1, 0.15) is 17.5 Å². The van der Waals surface area contributed by atoms with Gasteiger partial charge in [-0.3, -0.25) is 0 Å². The molecule has 0 aromatic heterocycles. The standard InChI is InChI=1S/C14H11ClF3N/c15-9-1-3-13(18)11(7-9)14(19)6-8-5-10(16)2-4-12(8)17/h1-5,7,14H,6,19H2. The van der Waals surface area contributed by atoms with Gasteiger partial charge in [0.05, 0.1) is 0 Å². The zero-order valence-electron chi connectivity index (χ0n) is 9.84. The maximum atomic E-state index is 13.6. The Balaban J connectivity index is 2.27. The van der Waals surface area contributed by atoms with Crippen molar-refractivity contribution in [2.75, 3.05) is 0 Å². The molecule has 2 rings (SSSR count). The van der Waals surface area contributed by atoms with Gasteiger partial charge in [-0.25, -0.2) is 13.2 Å². The van der Waals surface area contributed by atoms with Gasteiger partial charge < -0.3 is 5.73 Å². The Kier molecular flexibility index (Phi) is 4.12. The summed E-state index contributed by atoms with van der Waals surface area (Å²) >= 11 is 5.76. The van der Waals surface area contributed by atoms with E-state index in [0.29, 0.717) is 5.02 Å². The third-order valence-electron chi connectivity index (χ3n) is 2.81. The van der Waals surface area contributed by atoms with Gasteiger partial charge in [0.15, 0.2) is 0 Å². The predicted molar refractivity (Wildman–Crippen MR) is 68.4 cm³/mol. The summed E-state index contributed by atoms with van der Waals surface area (Å²) in [4.78, 5) is 0. The van der Waals surface area contributed by atoms with Crippen LogP contribution in [0.25, 0.3) is 0 Å². The highest BCUT2D eigenvalue weighted by atomic mass is 35.5. The van der Waals surface area contributed by atoms with Gasteiger partial charge in [0, 0.05) is 16.6 Å². The fourth-order valence-electron chi connectivity index (χ4n) is 1.85. The minimum Gasteiger partial charge on any atom is -0.324 e. The van der Waals surface area contributed by atoms with Crippen LogP contribution >= 0.6 is 11.6 Å². The Morgan fingerprint density at radius 1 is 1.00 bits per heavy atom. The van der Waals surface area contributed by atoms with Gasteiger partial charge in [0.25, 0.3) is 0 Å². The molecule has 1 atom stereocenters. The Morgan fingerprint density at radius 2 is 1.68 bits per heavy atom. The highest BCUT2D eigenvalue weighted by molar-refractivity contribution is 6.30. The number of hydrogen-bond donors (Lipinski definition) is 1. The number of rotatable bonds is 3. The molecule has 0 saturated heterocycles. The molecule has 0 spiro atoms. The lowest BCUT2D eigenvalue weighted by Crippen LogP contribution is -2.16. The summed E-state index contributed by atoms with van der Waals surface area (Å²) in [5, 5.41) is 0.339. The summed E-state index contributed by atoms with van der Waals surface area (Å²) < 4.78 is 40.1. The summed E-state index contributed by atoms with van der Waals surface area (Å²) in [6.45, 7) is 0. The molecule has 0 aliphatic heterocycles. The molecule has 19 heavy (non-hydrogen) atoms. The van der Waals surface area contributed by atoms with E-state index in [1.165, 1.54) is 18.2 Å². The van der Waals surface area contributed by atoms with Crippen LogP contribution < -0.4 is 5.73 Å². The fraction of sp³-hybridized carbons (Fsp3) is 0.143. The molecule has 0 amide bonds. The second kappa shape index (κ2) is 5.63. The zero-order chi connectivity index (χ0) is 14.0. The lowest BCUT2D eigenvalue weighted by atomic mass is 9.99. The number of benzene rings is 2. The Bertz CT molecular complexity index is 601. The van der Waals surface area contributed by atoms with Crippen LogP contribution in [-0.2, 0) is 6.42 Å². The largest absolute Gasteiger partial charge is 0.324 e. The zero-order valence-corrected chi connectivity index (χ0v) is 10.6. The number of nitrogens with two attached hydrogens (primary N) is 1. The first-order chi connectivity index (χ1) is 8.97. The molecule has 2 N–H and O–H groups in total. The first-order valence-electron chi connectivity index (χ1n) is 5.62. The SMILES string of the molecule is NC(Cc1cc(F)ccc1F)c1cc(Cl)ccc1F. The molecule has 0 heterocycles. The molecule has 2 aromatic rings. The summed E-state index contributed by atoms with van der Waals surface area (Å²) in [5.41, 5.74) is 6.11. The molecule has 0 saturated carbocycles. The van der Waals surface area contributed by atoms with E-state index in [1.54, 1.807) is 0 Å². The van der Waals surface area contributed by atoms with E-state index < -0.39 is 23.5 Å². The molecule has 1 nitrogen and oxygen atoms in total. The van der Waals surface area contributed by atoms with Crippen molar-refractivity contribution in [3.63, 3.8) is 0 Å². The molecule has 5 heteroatoms. The van der Waals surface area contributed by atoms with Crippen LogP contribution in [0.5, 0.6) is 0 Å².